The van der Waals surface area contributed by atoms with E-state index in [9.17, 15) is 4.79 Å². The number of nitrogens with zero attached hydrogens (tertiary/aromatic N) is 2. The normalized spacial score (nSPS) is 13.9. The molecular weight excluding hydrogens is 362 g/mol. The minimum Gasteiger partial charge on any atom is -0.483 e. The Morgan fingerprint density at radius 3 is 2.72 bits per heavy atom. The summed E-state index contributed by atoms with van der Waals surface area (Å²) in [5, 5.41) is 6.13. The second-order valence-electron chi connectivity index (χ2n) is 7.30. The summed E-state index contributed by atoms with van der Waals surface area (Å²) in [5.74, 6) is 0.398. The Bertz CT molecular complexity index is 1030. The third-order valence-electron chi connectivity index (χ3n) is 5.18. The number of hydrogen-bond acceptors (Lipinski definition) is 4. The largest absolute Gasteiger partial charge is 0.483 e. The van der Waals surface area contributed by atoms with Gasteiger partial charge in [-0.15, -0.1) is 0 Å². The lowest BCUT2D eigenvalue weighted by Gasteiger charge is -2.20. The van der Waals surface area contributed by atoms with E-state index < -0.39 is 0 Å². The van der Waals surface area contributed by atoms with Gasteiger partial charge in [-0.2, -0.15) is 5.10 Å². The molecular formula is C24H25N3O2. The van der Waals surface area contributed by atoms with Gasteiger partial charge < -0.3 is 9.64 Å². The van der Waals surface area contributed by atoms with Crippen molar-refractivity contribution in [3.05, 3.63) is 71.8 Å². The van der Waals surface area contributed by atoms with Crippen LogP contribution >= 0.6 is 0 Å². The minimum atomic E-state index is -0.292. The smallest absolute Gasteiger partial charge is 0.277 e. The lowest BCUT2D eigenvalue weighted by Crippen LogP contribution is -2.24. The molecule has 0 radical (unpaired) electrons. The molecule has 0 unspecified atom stereocenters. The van der Waals surface area contributed by atoms with E-state index >= 15 is 0 Å². The molecule has 0 spiro atoms. The van der Waals surface area contributed by atoms with Gasteiger partial charge in [-0.25, -0.2) is 5.43 Å². The van der Waals surface area contributed by atoms with Gasteiger partial charge in [0.25, 0.3) is 5.91 Å². The zero-order chi connectivity index (χ0) is 20.1. The predicted octanol–water partition coefficient (Wildman–Crippen LogP) is 4.28. The van der Waals surface area contributed by atoms with Crippen molar-refractivity contribution < 1.29 is 9.53 Å². The van der Waals surface area contributed by atoms with E-state index in [0.29, 0.717) is 5.75 Å². The highest BCUT2D eigenvalue weighted by Gasteiger charge is 2.14. The van der Waals surface area contributed by atoms with Gasteiger partial charge in [0.1, 0.15) is 5.75 Å². The minimum absolute atomic E-state index is 0.0850. The maximum atomic E-state index is 12.1. The number of carbonyl (C=O) groups excluding carboxylic acids is 1. The van der Waals surface area contributed by atoms with Gasteiger partial charge in [0.15, 0.2) is 6.61 Å². The maximum Gasteiger partial charge on any atom is 0.277 e. The van der Waals surface area contributed by atoms with Crippen LogP contribution in [0.5, 0.6) is 5.75 Å². The number of benzene rings is 3. The van der Waals surface area contributed by atoms with Gasteiger partial charge in [-0.1, -0.05) is 42.5 Å². The summed E-state index contributed by atoms with van der Waals surface area (Å²) in [6, 6.07) is 20.0. The Morgan fingerprint density at radius 1 is 1.10 bits per heavy atom. The SMILES string of the molecule is Cc1cc(/C=N\NC(=O)COc2cccc3ccccc23)ccc1N1CCCC1. The van der Waals surface area contributed by atoms with Crippen molar-refractivity contribution >= 4 is 28.6 Å². The summed E-state index contributed by atoms with van der Waals surface area (Å²) < 4.78 is 5.68. The average molecular weight is 387 g/mol. The van der Waals surface area contributed by atoms with Crippen LogP contribution in [0, 0.1) is 6.92 Å². The molecule has 1 amide bonds. The fourth-order valence-corrected chi connectivity index (χ4v) is 3.75. The topological polar surface area (TPSA) is 53.9 Å². The highest BCUT2D eigenvalue weighted by molar-refractivity contribution is 5.89. The van der Waals surface area contributed by atoms with Gasteiger partial charge in [0, 0.05) is 24.2 Å². The Labute approximate surface area is 171 Å². The predicted molar refractivity (Wildman–Crippen MR) is 118 cm³/mol. The van der Waals surface area contributed by atoms with Gasteiger partial charge in [-0.3, -0.25) is 4.79 Å². The lowest BCUT2D eigenvalue weighted by molar-refractivity contribution is -0.123. The molecule has 1 saturated heterocycles. The number of hydrazone groups is 1. The summed E-state index contributed by atoms with van der Waals surface area (Å²) in [4.78, 5) is 14.5. The van der Waals surface area contributed by atoms with E-state index in [2.05, 4.69) is 34.5 Å². The van der Waals surface area contributed by atoms with Crippen molar-refractivity contribution in [2.24, 2.45) is 5.10 Å². The summed E-state index contributed by atoms with van der Waals surface area (Å²) in [6.07, 6.45) is 4.18. The molecule has 1 heterocycles. The monoisotopic (exact) mass is 387 g/mol. The van der Waals surface area contributed by atoms with Crippen LogP contribution in [-0.4, -0.2) is 31.8 Å². The van der Waals surface area contributed by atoms with Crippen LogP contribution in [0.3, 0.4) is 0 Å². The van der Waals surface area contributed by atoms with Gasteiger partial charge >= 0.3 is 0 Å². The maximum absolute atomic E-state index is 12.1. The number of ether oxygens (including phenoxy) is 1. The van der Waals surface area contributed by atoms with E-state index in [1.165, 1.54) is 24.1 Å². The van der Waals surface area contributed by atoms with Crippen molar-refractivity contribution in [1.82, 2.24) is 5.43 Å². The lowest BCUT2D eigenvalue weighted by atomic mass is 10.1. The highest BCUT2D eigenvalue weighted by Crippen LogP contribution is 2.25. The van der Waals surface area contributed by atoms with Crippen molar-refractivity contribution in [3.63, 3.8) is 0 Å². The highest BCUT2D eigenvalue weighted by atomic mass is 16.5. The number of carbonyl (C=O) groups is 1. The molecule has 0 aliphatic carbocycles. The van der Waals surface area contributed by atoms with Crippen LogP contribution in [0.4, 0.5) is 5.69 Å². The first-order chi connectivity index (χ1) is 14.2. The average Bonchev–Trinajstić information content (AvgIpc) is 3.27. The van der Waals surface area contributed by atoms with Crippen LogP contribution in [0.1, 0.15) is 24.0 Å². The standard InChI is InChI=1S/C24H25N3O2/c1-18-15-19(11-12-22(18)27-13-4-5-14-27)16-25-26-24(28)17-29-23-10-6-8-20-7-2-3-9-21(20)23/h2-3,6-12,15-16H,4-5,13-14,17H2,1H3,(H,26,28)/b25-16-. The van der Waals surface area contributed by atoms with Crippen LogP contribution in [0.15, 0.2) is 65.8 Å². The fourth-order valence-electron chi connectivity index (χ4n) is 3.75. The molecule has 4 rings (SSSR count). The number of hydrogen-bond donors (Lipinski definition) is 1. The molecule has 5 nitrogen and oxygen atoms in total. The molecule has 148 valence electrons. The van der Waals surface area contributed by atoms with Crippen LogP contribution < -0.4 is 15.1 Å². The van der Waals surface area contributed by atoms with Crippen molar-refractivity contribution in [3.8, 4) is 5.75 Å². The summed E-state index contributed by atoms with van der Waals surface area (Å²) in [7, 11) is 0. The first kappa shape index (κ1) is 19.0. The van der Waals surface area contributed by atoms with Gasteiger partial charge in [0.2, 0.25) is 0 Å². The van der Waals surface area contributed by atoms with E-state index in [-0.39, 0.29) is 12.5 Å². The first-order valence-corrected chi connectivity index (χ1v) is 9.99. The number of anilines is 1. The van der Waals surface area contributed by atoms with E-state index in [4.69, 9.17) is 4.74 Å². The Kier molecular flexibility index (Phi) is 5.75. The summed E-state index contributed by atoms with van der Waals surface area (Å²) in [6.45, 7) is 4.28. The van der Waals surface area contributed by atoms with Crippen molar-refractivity contribution in [2.45, 2.75) is 19.8 Å². The Hall–Kier alpha value is -3.34. The molecule has 1 fully saturated rings. The van der Waals surface area contributed by atoms with Gasteiger partial charge in [-0.05, 0) is 54.5 Å². The fraction of sp³-hybridized carbons (Fsp3) is 0.250. The molecule has 0 atom stereocenters. The summed E-state index contributed by atoms with van der Waals surface area (Å²) in [5.41, 5.74) is 6.00. The van der Waals surface area contributed by atoms with Crippen LogP contribution in [0.2, 0.25) is 0 Å². The van der Waals surface area contributed by atoms with Gasteiger partial charge in [0.05, 0.1) is 6.21 Å². The van der Waals surface area contributed by atoms with Crippen molar-refractivity contribution in [2.75, 3.05) is 24.6 Å². The number of amides is 1. The molecule has 1 aliphatic heterocycles. The number of nitrogens with one attached hydrogen (secondary N) is 1. The number of rotatable bonds is 6. The molecule has 1 N–H and O–H groups in total. The molecule has 5 heteroatoms. The van der Waals surface area contributed by atoms with E-state index in [1.54, 1.807) is 6.21 Å². The van der Waals surface area contributed by atoms with Crippen LogP contribution in [0.25, 0.3) is 10.8 Å². The van der Waals surface area contributed by atoms with E-state index in [0.717, 1.165) is 29.4 Å². The summed E-state index contributed by atoms with van der Waals surface area (Å²) >= 11 is 0. The molecule has 0 bridgehead atoms. The van der Waals surface area contributed by atoms with Crippen LogP contribution in [-0.2, 0) is 4.79 Å². The molecule has 0 saturated carbocycles. The van der Waals surface area contributed by atoms with E-state index in [1.807, 2.05) is 48.5 Å². The first-order valence-electron chi connectivity index (χ1n) is 9.99. The number of aryl methyl sites for hydroxylation is 1. The second-order valence-corrected chi connectivity index (χ2v) is 7.30. The third-order valence-corrected chi connectivity index (χ3v) is 5.18. The molecule has 3 aromatic carbocycles. The zero-order valence-electron chi connectivity index (χ0n) is 16.6. The molecule has 0 aromatic heterocycles. The van der Waals surface area contributed by atoms with Crippen molar-refractivity contribution in [1.29, 1.82) is 0 Å². The molecule has 1 aliphatic rings. The Morgan fingerprint density at radius 2 is 1.90 bits per heavy atom. The molecule has 3 aromatic rings. The third kappa shape index (κ3) is 4.57. The molecule has 29 heavy (non-hydrogen) atoms. The second kappa shape index (κ2) is 8.78. The Balaban J connectivity index is 1.32. The number of fused-ring (bicyclic) bond motifs is 1. The quantitative estimate of drug-likeness (QED) is 0.507. The zero-order valence-corrected chi connectivity index (χ0v) is 16.6.